The Balaban J connectivity index is 1.91. The van der Waals surface area contributed by atoms with Crippen LogP contribution in [0.5, 0.6) is 0 Å². The molecule has 2 heterocycles. The third kappa shape index (κ3) is 3.68. The molecule has 2 aromatic rings. The highest BCUT2D eigenvalue weighted by Crippen LogP contribution is 2.36. The van der Waals surface area contributed by atoms with Crippen LogP contribution in [0.15, 0.2) is 30.3 Å². The lowest BCUT2D eigenvalue weighted by atomic mass is 10.2. The summed E-state index contributed by atoms with van der Waals surface area (Å²) < 4.78 is 77.6. The molecular formula is C16H13F6N3O. The average molecular weight is 377 g/mol. The number of alkyl halides is 6. The first-order chi connectivity index (χ1) is 12.1. The molecule has 0 aliphatic carbocycles. The van der Waals surface area contributed by atoms with E-state index in [2.05, 4.69) is 5.10 Å². The number of benzene rings is 1. The fraction of sp³-hybridized carbons (Fsp3) is 0.375. The van der Waals surface area contributed by atoms with Crippen LogP contribution in [0, 0.1) is 0 Å². The molecule has 4 nitrogen and oxygen atoms in total. The molecule has 1 aromatic carbocycles. The summed E-state index contributed by atoms with van der Waals surface area (Å²) >= 11 is 0. The minimum Gasteiger partial charge on any atom is -0.338 e. The monoisotopic (exact) mass is 377 g/mol. The van der Waals surface area contributed by atoms with Gasteiger partial charge >= 0.3 is 12.4 Å². The minimum atomic E-state index is -4.99. The van der Waals surface area contributed by atoms with Gasteiger partial charge in [0.15, 0.2) is 5.69 Å². The molecule has 0 spiro atoms. The highest BCUT2D eigenvalue weighted by Gasteiger charge is 2.42. The minimum absolute atomic E-state index is 0.00432. The summed E-state index contributed by atoms with van der Waals surface area (Å²) in [4.78, 5) is 13.2. The van der Waals surface area contributed by atoms with E-state index in [1.807, 2.05) is 0 Å². The van der Waals surface area contributed by atoms with Crippen LogP contribution in [0.25, 0.3) is 5.69 Å². The molecule has 0 saturated carbocycles. The molecule has 1 aliphatic rings. The molecule has 1 saturated heterocycles. The van der Waals surface area contributed by atoms with Crippen molar-refractivity contribution in [2.24, 2.45) is 0 Å². The second-order valence-electron chi connectivity index (χ2n) is 5.91. The van der Waals surface area contributed by atoms with Crippen LogP contribution in [-0.2, 0) is 23.7 Å². The molecule has 1 fully saturated rings. The molecule has 140 valence electrons. The molecule has 0 unspecified atom stereocenters. The van der Waals surface area contributed by atoms with E-state index in [-0.39, 0.29) is 22.3 Å². The first kappa shape index (κ1) is 18.3. The Morgan fingerprint density at radius 2 is 1.65 bits per heavy atom. The third-order valence-corrected chi connectivity index (χ3v) is 4.02. The van der Waals surface area contributed by atoms with Gasteiger partial charge in [0.1, 0.15) is 5.69 Å². The normalized spacial score (nSPS) is 15.8. The van der Waals surface area contributed by atoms with Crippen LogP contribution in [0.1, 0.15) is 29.8 Å². The first-order valence-corrected chi connectivity index (χ1v) is 7.67. The fourth-order valence-corrected chi connectivity index (χ4v) is 2.75. The van der Waals surface area contributed by atoms with Crippen molar-refractivity contribution in [3.8, 4) is 5.69 Å². The van der Waals surface area contributed by atoms with Gasteiger partial charge in [-0.15, -0.1) is 0 Å². The van der Waals surface area contributed by atoms with Gasteiger partial charge in [-0.3, -0.25) is 4.79 Å². The Labute approximate surface area is 144 Å². The van der Waals surface area contributed by atoms with Crippen LogP contribution in [0.3, 0.4) is 0 Å². The third-order valence-electron chi connectivity index (χ3n) is 4.02. The summed E-state index contributed by atoms with van der Waals surface area (Å²) in [5.41, 5.74) is -2.60. The van der Waals surface area contributed by atoms with E-state index < -0.39 is 23.7 Å². The summed E-state index contributed by atoms with van der Waals surface area (Å²) in [6.07, 6.45) is -8.77. The van der Waals surface area contributed by atoms with Crippen molar-refractivity contribution in [2.75, 3.05) is 6.54 Å². The molecule has 1 aliphatic heterocycles. The van der Waals surface area contributed by atoms with Gasteiger partial charge in [0.25, 0.3) is 0 Å². The number of halogens is 6. The van der Waals surface area contributed by atoms with E-state index >= 15 is 0 Å². The molecule has 0 atom stereocenters. The van der Waals surface area contributed by atoms with Crippen molar-refractivity contribution in [3.63, 3.8) is 0 Å². The van der Waals surface area contributed by atoms with E-state index in [1.165, 1.54) is 24.3 Å². The Kier molecular flexibility index (Phi) is 4.45. The Morgan fingerprint density at radius 1 is 1.00 bits per heavy atom. The van der Waals surface area contributed by atoms with Crippen molar-refractivity contribution in [2.45, 2.75) is 31.7 Å². The Bertz CT molecular complexity index is 807. The molecule has 0 bridgehead atoms. The molecule has 0 N–H and O–H groups in total. The van der Waals surface area contributed by atoms with Gasteiger partial charge < -0.3 is 4.90 Å². The number of carbonyl (C=O) groups is 1. The largest absolute Gasteiger partial charge is 0.435 e. The second kappa shape index (κ2) is 6.33. The standard InChI is InChI=1S/C16H13F6N3O/c17-15(18,19)12-8-13(16(20,21)22)25(23-12)11-5-3-10(4-6-11)9-24-7-1-2-14(24)26/h3-6,8H,1-2,7,9H2. The number of rotatable bonds is 3. The SMILES string of the molecule is O=C1CCCN1Cc1ccc(-n2nc(C(F)(F)F)cc2C(F)(F)F)cc1. The lowest BCUT2D eigenvalue weighted by Crippen LogP contribution is -2.23. The topological polar surface area (TPSA) is 38.1 Å². The fourth-order valence-electron chi connectivity index (χ4n) is 2.75. The van der Waals surface area contributed by atoms with E-state index in [0.29, 0.717) is 25.1 Å². The smallest absolute Gasteiger partial charge is 0.338 e. The van der Waals surface area contributed by atoms with Gasteiger partial charge in [-0.25, -0.2) is 4.68 Å². The molecule has 1 amide bonds. The highest BCUT2D eigenvalue weighted by atomic mass is 19.4. The maximum Gasteiger partial charge on any atom is 0.435 e. The molecule has 1 aromatic heterocycles. The predicted octanol–water partition coefficient (Wildman–Crippen LogP) is 4.03. The van der Waals surface area contributed by atoms with Crippen LogP contribution in [0.2, 0.25) is 0 Å². The van der Waals surface area contributed by atoms with Gasteiger partial charge in [0, 0.05) is 25.6 Å². The molecule has 0 radical (unpaired) electrons. The summed E-state index contributed by atoms with van der Waals surface area (Å²) in [5.74, 6) is -0.00432. The van der Waals surface area contributed by atoms with Crippen LogP contribution < -0.4 is 0 Å². The maximum absolute atomic E-state index is 13.1. The van der Waals surface area contributed by atoms with Crippen LogP contribution in [-0.4, -0.2) is 27.1 Å². The number of aromatic nitrogens is 2. The zero-order chi connectivity index (χ0) is 19.1. The number of likely N-dealkylation sites (tertiary alicyclic amines) is 1. The number of hydrogen-bond acceptors (Lipinski definition) is 2. The molecular weight excluding hydrogens is 364 g/mol. The van der Waals surface area contributed by atoms with E-state index in [1.54, 1.807) is 4.90 Å². The van der Waals surface area contributed by atoms with Gasteiger partial charge in [-0.2, -0.15) is 31.4 Å². The van der Waals surface area contributed by atoms with Crippen LogP contribution >= 0.6 is 0 Å². The second-order valence-corrected chi connectivity index (χ2v) is 5.91. The van der Waals surface area contributed by atoms with Gasteiger partial charge in [-0.05, 0) is 24.1 Å². The predicted molar refractivity (Wildman–Crippen MR) is 78.2 cm³/mol. The first-order valence-electron chi connectivity index (χ1n) is 7.67. The van der Waals surface area contributed by atoms with E-state index in [0.717, 1.165) is 6.42 Å². The van der Waals surface area contributed by atoms with Crippen molar-refractivity contribution in [1.82, 2.24) is 14.7 Å². The zero-order valence-electron chi connectivity index (χ0n) is 13.2. The van der Waals surface area contributed by atoms with Gasteiger partial charge in [-0.1, -0.05) is 12.1 Å². The lowest BCUT2D eigenvalue weighted by molar-refractivity contribution is -0.143. The van der Waals surface area contributed by atoms with Crippen molar-refractivity contribution in [3.05, 3.63) is 47.3 Å². The van der Waals surface area contributed by atoms with Crippen molar-refractivity contribution in [1.29, 1.82) is 0 Å². The zero-order valence-corrected chi connectivity index (χ0v) is 13.2. The van der Waals surface area contributed by atoms with E-state index in [4.69, 9.17) is 0 Å². The maximum atomic E-state index is 13.1. The lowest BCUT2D eigenvalue weighted by Gasteiger charge is -2.16. The van der Waals surface area contributed by atoms with Gasteiger partial charge in [0.05, 0.1) is 5.69 Å². The number of carbonyl (C=O) groups excluding carboxylic acids is 1. The molecule has 26 heavy (non-hydrogen) atoms. The van der Waals surface area contributed by atoms with Crippen LogP contribution in [0.4, 0.5) is 26.3 Å². The summed E-state index contributed by atoms with van der Waals surface area (Å²) in [6.45, 7) is 0.908. The van der Waals surface area contributed by atoms with Crippen molar-refractivity contribution >= 4 is 5.91 Å². The number of amides is 1. The Morgan fingerprint density at radius 3 is 2.15 bits per heavy atom. The average Bonchev–Trinajstić information content (AvgIpc) is 3.14. The molecule has 3 rings (SSSR count). The van der Waals surface area contributed by atoms with E-state index in [9.17, 15) is 31.1 Å². The highest BCUT2D eigenvalue weighted by molar-refractivity contribution is 5.78. The summed E-state index contributed by atoms with van der Waals surface area (Å²) in [6, 6.07) is 5.42. The Hall–Kier alpha value is -2.52. The van der Waals surface area contributed by atoms with Crippen molar-refractivity contribution < 1.29 is 31.1 Å². The van der Waals surface area contributed by atoms with Gasteiger partial charge in [0.2, 0.25) is 5.91 Å². The number of nitrogens with zero attached hydrogens (tertiary/aromatic N) is 3. The summed E-state index contributed by atoms with van der Waals surface area (Å²) in [7, 11) is 0. The number of hydrogen-bond donors (Lipinski definition) is 0. The summed E-state index contributed by atoms with van der Waals surface area (Å²) in [5, 5.41) is 3.07. The quantitative estimate of drug-likeness (QED) is 0.758. The molecule has 10 heteroatoms.